The van der Waals surface area contributed by atoms with Crippen LogP contribution in [0.3, 0.4) is 0 Å². The third-order valence-electron chi connectivity index (χ3n) is 3.04. The smallest absolute Gasteiger partial charge is 0.124 e. The van der Waals surface area contributed by atoms with Gasteiger partial charge in [0.25, 0.3) is 0 Å². The summed E-state index contributed by atoms with van der Waals surface area (Å²) in [5.41, 5.74) is 3.53. The van der Waals surface area contributed by atoms with E-state index >= 15 is 0 Å². The van der Waals surface area contributed by atoms with E-state index in [1.165, 1.54) is 12.1 Å². The highest BCUT2D eigenvalue weighted by Gasteiger charge is 2.10. The van der Waals surface area contributed by atoms with E-state index in [9.17, 15) is 4.39 Å². The summed E-state index contributed by atoms with van der Waals surface area (Å²) in [5, 5.41) is 14.3. The van der Waals surface area contributed by atoms with Crippen molar-refractivity contribution in [3.05, 3.63) is 63.6 Å². The zero-order valence-corrected chi connectivity index (χ0v) is 13.1. The normalized spacial score (nSPS) is 10.6. The van der Waals surface area contributed by atoms with Crippen LogP contribution in [0.25, 0.3) is 11.3 Å². The lowest BCUT2D eigenvalue weighted by Crippen LogP contribution is -2.03. The molecule has 0 amide bonds. The molecule has 21 heavy (non-hydrogen) atoms. The maximum Gasteiger partial charge on any atom is 0.124 e. The van der Waals surface area contributed by atoms with Gasteiger partial charge in [0, 0.05) is 14.8 Å². The fraction of sp³-hybridized carbons (Fsp3) is 0.0667. The second-order valence-electron chi connectivity index (χ2n) is 4.46. The van der Waals surface area contributed by atoms with E-state index < -0.39 is 0 Å². The molecule has 0 saturated heterocycles. The fourth-order valence-electron chi connectivity index (χ4n) is 2.02. The van der Waals surface area contributed by atoms with Gasteiger partial charge in [0.2, 0.25) is 0 Å². The number of aromatic amines is 1. The number of halogens is 2. The summed E-state index contributed by atoms with van der Waals surface area (Å²) < 4.78 is 13.9. The number of rotatable bonds is 4. The van der Waals surface area contributed by atoms with Crippen LogP contribution in [0.5, 0.6) is 0 Å². The van der Waals surface area contributed by atoms with Crippen LogP contribution in [-0.2, 0) is 6.54 Å². The van der Waals surface area contributed by atoms with Gasteiger partial charge < -0.3 is 5.32 Å². The lowest BCUT2D eigenvalue weighted by atomic mass is 10.1. The number of benzene rings is 2. The van der Waals surface area contributed by atoms with E-state index in [4.69, 9.17) is 0 Å². The van der Waals surface area contributed by atoms with Gasteiger partial charge in [0.1, 0.15) is 17.2 Å². The summed E-state index contributed by atoms with van der Waals surface area (Å²) in [6.07, 6.45) is 0. The summed E-state index contributed by atoms with van der Waals surface area (Å²) in [5.74, 6) is -0.239. The molecule has 0 spiro atoms. The predicted molar refractivity (Wildman–Crippen MR) is 88.3 cm³/mol. The van der Waals surface area contributed by atoms with Gasteiger partial charge in [-0.15, -0.1) is 0 Å². The number of anilines is 1. The van der Waals surface area contributed by atoms with Crippen LogP contribution in [-0.4, -0.2) is 15.4 Å². The molecule has 106 valence electrons. The maximum absolute atomic E-state index is 13.1. The maximum atomic E-state index is 13.1. The Kier molecular flexibility index (Phi) is 4.14. The molecule has 0 radical (unpaired) electrons. The lowest BCUT2D eigenvalue weighted by Gasteiger charge is -2.08. The molecule has 3 aromatic rings. The monoisotopic (exact) mass is 394 g/mol. The van der Waals surface area contributed by atoms with Crippen LogP contribution in [0.1, 0.15) is 5.69 Å². The molecule has 0 fully saturated rings. The first-order chi connectivity index (χ1) is 10.2. The van der Waals surface area contributed by atoms with Crippen LogP contribution < -0.4 is 5.32 Å². The largest absolute Gasteiger partial charge is 0.378 e. The molecule has 0 atom stereocenters. The Bertz CT molecular complexity index is 742. The molecular weight excluding hydrogens is 382 g/mol. The van der Waals surface area contributed by atoms with Crippen LogP contribution in [0.2, 0.25) is 0 Å². The molecular formula is C15H12FIN4. The zero-order valence-electron chi connectivity index (χ0n) is 11.0. The Labute approximate surface area is 134 Å². The van der Waals surface area contributed by atoms with Crippen molar-refractivity contribution < 1.29 is 4.39 Å². The predicted octanol–water partition coefficient (Wildman–Crippen LogP) is 3.83. The number of nitrogens with zero attached hydrogens (tertiary/aromatic N) is 2. The van der Waals surface area contributed by atoms with Gasteiger partial charge >= 0.3 is 0 Å². The molecule has 1 heterocycles. The van der Waals surface area contributed by atoms with Crippen molar-refractivity contribution in [3.63, 3.8) is 0 Å². The molecule has 0 aliphatic carbocycles. The molecule has 0 saturated carbocycles. The van der Waals surface area contributed by atoms with Gasteiger partial charge in [-0.05, 0) is 40.8 Å². The number of aromatic nitrogens is 3. The van der Waals surface area contributed by atoms with Crippen molar-refractivity contribution in [3.8, 4) is 11.3 Å². The molecule has 0 bridgehead atoms. The van der Waals surface area contributed by atoms with E-state index in [1.807, 2.05) is 30.3 Å². The van der Waals surface area contributed by atoms with Gasteiger partial charge in [-0.25, -0.2) is 4.39 Å². The molecule has 1 aromatic heterocycles. The van der Waals surface area contributed by atoms with Crippen LogP contribution in [0.4, 0.5) is 10.1 Å². The molecule has 0 unspecified atom stereocenters. The third-order valence-corrected chi connectivity index (χ3v) is 3.94. The second-order valence-corrected chi connectivity index (χ2v) is 5.62. The first-order valence-electron chi connectivity index (χ1n) is 6.38. The van der Waals surface area contributed by atoms with Crippen molar-refractivity contribution in [1.82, 2.24) is 15.4 Å². The Hall–Kier alpha value is -1.96. The quantitative estimate of drug-likeness (QED) is 0.662. The summed E-state index contributed by atoms with van der Waals surface area (Å²) >= 11 is 2.10. The zero-order chi connectivity index (χ0) is 14.7. The average Bonchev–Trinajstić information content (AvgIpc) is 2.96. The molecule has 0 aliphatic rings. The molecule has 6 heteroatoms. The third kappa shape index (κ3) is 3.21. The summed E-state index contributed by atoms with van der Waals surface area (Å²) in [6, 6.07) is 14.5. The summed E-state index contributed by atoms with van der Waals surface area (Å²) in [4.78, 5) is 0. The number of hydrogen-bond acceptors (Lipinski definition) is 3. The van der Waals surface area contributed by atoms with Crippen LogP contribution >= 0.6 is 22.6 Å². The van der Waals surface area contributed by atoms with Crippen molar-refractivity contribution in [2.45, 2.75) is 6.54 Å². The first-order valence-corrected chi connectivity index (χ1v) is 7.46. The highest BCUT2D eigenvalue weighted by molar-refractivity contribution is 14.1. The first kappa shape index (κ1) is 14.0. The second kappa shape index (κ2) is 6.21. The van der Waals surface area contributed by atoms with Gasteiger partial charge in [0.15, 0.2) is 0 Å². The molecule has 2 aromatic carbocycles. The minimum absolute atomic E-state index is 0.239. The van der Waals surface area contributed by atoms with Crippen molar-refractivity contribution >= 4 is 28.3 Å². The SMILES string of the molecule is Fc1ccc(NCc2n[nH]nc2-c2ccccc2)c(I)c1. The highest BCUT2D eigenvalue weighted by atomic mass is 127. The Morgan fingerprint density at radius 1 is 1.10 bits per heavy atom. The molecule has 0 aliphatic heterocycles. The fourth-order valence-corrected chi connectivity index (χ4v) is 2.68. The Balaban J connectivity index is 1.79. The van der Waals surface area contributed by atoms with Crippen molar-refractivity contribution in [2.75, 3.05) is 5.32 Å². The minimum atomic E-state index is -0.239. The number of hydrogen-bond donors (Lipinski definition) is 2. The lowest BCUT2D eigenvalue weighted by molar-refractivity contribution is 0.627. The highest BCUT2D eigenvalue weighted by Crippen LogP contribution is 2.22. The van der Waals surface area contributed by atoms with Gasteiger partial charge in [-0.3, -0.25) is 0 Å². The standard InChI is InChI=1S/C15H12FIN4/c16-11-6-7-13(12(17)8-11)18-9-14-15(20-21-19-14)10-4-2-1-3-5-10/h1-8,18H,9H2,(H,19,20,21). The molecule has 2 N–H and O–H groups in total. The summed E-state index contributed by atoms with van der Waals surface area (Å²) in [7, 11) is 0. The van der Waals surface area contributed by atoms with Gasteiger partial charge in [-0.1, -0.05) is 30.3 Å². The van der Waals surface area contributed by atoms with Gasteiger partial charge in [-0.2, -0.15) is 15.4 Å². The van der Waals surface area contributed by atoms with Gasteiger partial charge in [0.05, 0.1) is 6.54 Å². The van der Waals surface area contributed by atoms with E-state index in [0.717, 1.165) is 26.2 Å². The molecule has 3 rings (SSSR count). The Morgan fingerprint density at radius 3 is 2.67 bits per heavy atom. The average molecular weight is 394 g/mol. The number of nitrogens with one attached hydrogen (secondary N) is 2. The van der Waals surface area contributed by atoms with Crippen LogP contribution in [0.15, 0.2) is 48.5 Å². The number of H-pyrrole nitrogens is 1. The van der Waals surface area contributed by atoms with Crippen molar-refractivity contribution in [2.24, 2.45) is 0 Å². The topological polar surface area (TPSA) is 53.6 Å². The molecule has 4 nitrogen and oxygen atoms in total. The summed E-state index contributed by atoms with van der Waals surface area (Å²) in [6.45, 7) is 0.516. The van der Waals surface area contributed by atoms with E-state index in [1.54, 1.807) is 6.07 Å². The van der Waals surface area contributed by atoms with E-state index in [2.05, 4.69) is 43.3 Å². The minimum Gasteiger partial charge on any atom is -0.378 e. The van der Waals surface area contributed by atoms with E-state index in [0.29, 0.717) is 6.54 Å². The van der Waals surface area contributed by atoms with Crippen LogP contribution in [0, 0.1) is 9.39 Å². The Morgan fingerprint density at radius 2 is 1.90 bits per heavy atom. The van der Waals surface area contributed by atoms with E-state index in [-0.39, 0.29) is 5.82 Å². The van der Waals surface area contributed by atoms with Crippen molar-refractivity contribution in [1.29, 1.82) is 0 Å².